The summed E-state index contributed by atoms with van der Waals surface area (Å²) in [4.78, 5) is 17.8. The summed E-state index contributed by atoms with van der Waals surface area (Å²) in [5.74, 6) is -6.34. The second kappa shape index (κ2) is 6.18. The molecule has 1 aromatic heterocycles. The highest BCUT2D eigenvalue weighted by Gasteiger charge is 2.38. The number of halogens is 5. The average molecular weight is 398 g/mol. The van der Waals surface area contributed by atoms with Gasteiger partial charge in [0.05, 0.1) is 11.1 Å². The zero-order valence-corrected chi connectivity index (χ0v) is 14.0. The van der Waals surface area contributed by atoms with Gasteiger partial charge in [-0.1, -0.05) is 0 Å². The van der Waals surface area contributed by atoms with Crippen molar-refractivity contribution in [2.24, 2.45) is 0 Å². The minimum atomic E-state index is -5.16. The fourth-order valence-corrected chi connectivity index (χ4v) is 2.86. The van der Waals surface area contributed by atoms with Crippen LogP contribution in [0.5, 0.6) is 5.75 Å². The largest absolute Gasteiger partial charge is 0.503 e. The van der Waals surface area contributed by atoms with Gasteiger partial charge < -0.3 is 14.4 Å². The molecular weight excluding hydrogens is 387 g/mol. The lowest BCUT2D eigenvalue weighted by molar-refractivity contribution is -0.140. The van der Waals surface area contributed by atoms with E-state index in [1.165, 1.54) is 18.2 Å². The van der Waals surface area contributed by atoms with Crippen molar-refractivity contribution in [1.82, 2.24) is 9.88 Å². The van der Waals surface area contributed by atoms with Crippen LogP contribution in [0.1, 0.15) is 22.3 Å². The van der Waals surface area contributed by atoms with Crippen molar-refractivity contribution in [1.29, 1.82) is 0 Å². The number of aromatic nitrogens is 1. The summed E-state index contributed by atoms with van der Waals surface area (Å²) in [5.41, 5.74) is -2.20. The second-order valence-electron chi connectivity index (χ2n) is 6.29. The van der Waals surface area contributed by atoms with E-state index < -0.39 is 40.6 Å². The fraction of sp³-hybridized carbons (Fsp3) is 0.222. The van der Waals surface area contributed by atoms with Crippen LogP contribution in [0.25, 0.3) is 22.6 Å². The number of hydrogen-bond donors (Lipinski definition) is 1. The molecule has 10 heteroatoms. The highest BCUT2D eigenvalue weighted by atomic mass is 19.4. The van der Waals surface area contributed by atoms with E-state index in [-0.39, 0.29) is 23.1 Å². The quantitative estimate of drug-likeness (QED) is 0.652. The molecule has 1 saturated heterocycles. The minimum absolute atomic E-state index is 0.0898. The van der Waals surface area contributed by atoms with E-state index in [1.807, 2.05) is 0 Å². The average Bonchev–Trinajstić information content (AvgIpc) is 2.99. The van der Waals surface area contributed by atoms with E-state index in [1.54, 1.807) is 4.90 Å². The third-order valence-electron chi connectivity index (χ3n) is 4.49. The number of phenols is 1. The highest BCUT2D eigenvalue weighted by molar-refractivity contribution is 5.97. The molecule has 3 aromatic rings. The van der Waals surface area contributed by atoms with Gasteiger partial charge in [0.15, 0.2) is 23.0 Å². The molecule has 2 aromatic carbocycles. The Labute approximate surface area is 154 Å². The van der Waals surface area contributed by atoms with Crippen LogP contribution in [0.15, 0.2) is 28.7 Å². The summed E-state index contributed by atoms with van der Waals surface area (Å²) >= 11 is 0. The molecule has 0 radical (unpaired) electrons. The van der Waals surface area contributed by atoms with Gasteiger partial charge in [-0.15, -0.1) is 0 Å². The standard InChI is InChI=1S/C18H11F5N2O3/c19-13-9(7-10(18(21,22)23)14(20)15(13)26)16-24-11-6-8(2-3-12(11)28-16)17(27)25-4-1-5-25/h2-3,6-7,26H,1,4-5H2. The number of carbonyl (C=O) groups excluding carboxylic acids is 1. The van der Waals surface area contributed by atoms with Gasteiger partial charge in [0.1, 0.15) is 5.52 Å². The molecule has 0 aliphatic carbocycles. The Kier molecular flexibility index (Phi) is 4.02. The van der Waals surface area contributed by atoms with Crippen LogP contribution in [0.3, 0.4) is 0 Å². The molecule has 1 aliphatic heterocycles. The van der Waals surface area contributed by atoms with Gasteiger partial charge in [-0.3, -0.25) is 4.79 Å². The molecule has 0 bridgehead atoms. The van der Waals surface area contributed by atoms with Crippen LogP contribution in [-0.2, 0) is 6.18 Å². The molecule has 0 unspecified atom stereocenters. The molecule has 5 nitrogen and oxygen atoms in total. The molecule has 0 atom stereocenters. The Morgan fingerprint density at radius 2 is 1.86 bits per heavy atom. The summed E-state index contributed by atoms with van der Waals surface area (Å²) in [5, 5.41) is 9.41. The van der Waals surface area contributed by atoms with E-state index in [4.69, 9.17) is 4.42 Å². The Morgan fingerprint density at radius 1 is 1.14 bits per heavy atom. The Morgan fingerprint density at radius 3 is 2.46 bits per heavy atom. The van der Waals surface area contributed by atoms with Crippen LogP contribution in [-0.4, -0.2) is 34.0 Å². The van der Waals surface area contributed by atoms with Crippen molar-refractivity contribution >= 4 is 17.0 Å². The summed E-state index contributed by atoms with van der Waals surface area (Å²) < 4.78 is 71.9. The van der Waals surface area contributed by atoms with Gasteiger partial charge in [-0.2, -0.15) is 13.2 Å². The number of likely N-dealkylation sites (tertiary alicyclic amines) is 1. The van der Waals surface area contributed by atoms with Crippen molar-refractivity contribution in [2.75, 3.05) is 13.1 Å². The van der Waals surface area contributed by atoms with E-state index >= 15 is 0 Å². The fourth-order valence-electron chi connectivity index (χ4n) is 2.86. The number of phenolic OH excluding ortho intramolecular Hbond substituents is 1. The Hall–Kier alpha value is -3.17. The van der Waals surface area contributed by atoms with Crippen LogP contribution >= 0.6 is 0 Å². The van der Waals surface area contributed by atoms with Crippen LogP contribution in [0.4, 0.5) is 22.0 Å². The number of oxazole rings is 1. The van der Waals surface area contributed by atoms with Gasteiger partial charge in [0.2, 0.25) is 5.89 Å². The normalized spacial score (nSPS) is 14.4. The number of benzene rings is 2. The van der Waals surface area contributed by atoms with E-state index in [2.05, 4.69) is 4.98 Å². The van der Waals surface area contributed by atoms with Crippen LogP contribution in [0, 0.1) is 11.6 Å². The molecule has 1 N–H and O–H groups in total. The topological polar surface area (TPSA) is 66.6 Å². The molecular formula is C18H11F5N2O3. The van der Waals surface area contributed by atoms with Crippen molar-refractivity contribution in [2.45, 2.75) is 12.6 Å². The number of aromatic hydroxyl groups is 1. The first kappa shape index (κ1) is 18.2. The second-order valence-corrected chi connectivity index (χ2v) is 6.29. The maximum atomic E-state index is 14.2. The van der Waals surface area contributed by atoms with E-state index in [0.717, 1.165) is 6.42 Å². The Balaban J connectivity index is 1.81. The van der Waals surface area contributed by atoms with Gasteiger partial charge in [-0.05, 0) is 30.7 Å². The number of alkyl halides is 3. The van der Waals surface area contributed by atoms with Gasteiger partial charge in [-0.25, -0.2) is 13.8 Å². The predicted octanol–water partition coefficient (Wildman–Crippen LogP) is 4.34. The molecule has 28 heavy (non-hydrogen) atoms. The maximum absolute atomic E-state index is 14.2. The van der Waals surface area contributed by atoms with Crippen molar-refractivity contribution in [3.05, 3.63) is 47.0 Å². The molecule has 1 fully saturated rings. The summed E-state index contributed by atoms with van der Waals surface area (Å²) in [7, 11) is 0. The molecule has 0 saturated carbocycles. The van der Waals surface area contributed by atoms with Crippen molar-refractivity contribution in [3.8, 4) is 17.2 Å². The van der Waals surface area contributed by atoms with Gasteiger partial charge in [0.25, 0.3) is 5.91 Å². The van der Waals surface area contributed by atoms with Crippen molar-refractivity contribution in [3.63, 3.8) is 0 Å². The summed E-state index contributed by atoms with van der Waals surface area (Å²) in [6.45, 7) is 1.25. The number of nitrogens with zero attached hydrogens (tertiary/aromatic N) is 2. The zero-order valence-electron chi connectivity index (χ0n) is 14.0. The van der Waals surface area contributed by atoms with Gasteiger partial charge in [0, 0.05) is 18.7 Å². The lowest BCUT2D eigenvalue weighted by atomic mass is 10.1. The number of fused-ring (bicyclic) bond motifs is 1. The third kappa shape index (κ3) is 2.85. The first-order chi connectivity index (χ1) is 13.2. The molecule has 1 aliphatic rings. The number of carbonyl (C=O) groups is 1. The third-order valence-corrected chi connectivity index (χ3v) is 4.49. The SMILES string of the molecule is O=C(c1ccc2oc(-c3cc(C(F)(F)F)c(F)c(O)c3F)nc2c1)N1CCC1. The molecule has 0 spiro atoms. The molecule has 4 rings (SSSR count). The molecule has 2 heterocycles. The zero-order chi connectivity index (χ0) is 20.2. The summed E-state index contributed by atoms with van der Waals surface area (Å²) in [6, 6.07) is 4.39. The maximum Gasteiger partial charge on any atom is 0.419 e. The minimum Gasteiger partial charge on any atom is -0.503 e. The number of rotatable bonds is 2. The van der Waals surface area contributed by atoms with E-state index in [9.17, 15) is 31.9 Å². The monoisotopic (exact) mass is 398 g/mol. The predicted molar refractivity (Wildman–Crippen MR) is 86.5 cm³/mol. The first-order valence-corrected chi connectivity index (χ1v) is 8.15. The van der Waals surface area contributed by atoms with Gasteiger partial charge >= 0.3 is 6.18 Å². The summed E-state index contributed by atoms with van der Waals surface area (Å²) in [6.07, 6.45) is -4.26. The van der Waals surface area contributed by atoms with Crippen molar-refractivity contribution < 1.29 is 36.3 Å². The lowest BCUT2D eigenvalue weighted by Gasteiger charge is -2.30. The van der Waals surface area contributed by atoms with Crippen LogP contribution < -0.4 is 0 Å². The smallest absolute Gasteiger partial charge is 0.419 e. The van der Waals surface area contributed by atoms with Crippen LogP contribution in [0.2, 0.25) is 0 Å². The highest BCUT2D eigenvalue weighted by Crippen LogP contribution is 2.40. The molecule has 146 valence electrons. The number of amides is 1. The van der Waals surface area contributed by atoms with E-state index in [0.29, 0.717) is 18.7 Å². The number of hydrogen-bond acceptors (Lipinski definition) is 4. The first-order valence-electron chi connectivity index (χ1n) is 8.15. The lowest BCUT2D eigenvalue weighted by Crippen LogP contribution is -2.41. The Bertz CT molecular complexity index is 1100. The molecule has 1 amide bonds.